The van der Waals surface area contributed by atoms with Crippen LogP contribution in [0, 0.1) is 0 Å². The minimum atomic E-state index is -0.585. The summed E-state index contributed by atoms with van der Waals surface area (Å²) in [5.41, 5.74) is 1.15. The van der Waals surface area contributed by atoms with Crippen molar-refractivity contribution in [2.24, 2.45) is 0 Å². The molecule has 0 N–H and O–H groups in total. The Morgan fingerprint density at radius 1 is 1.23 bits per heavy atom. The second-order valence-electron chi connectivity index (χ2n) is 3.46. The minimum Gasteiger partial charge on any atom is -0.101 e. The third-order valence-corrected chi connectivity index (χ3v) is 4.60. The van der Waals surface area contributed by atoms with Crippen molar-refractivity contribution in [3.05, 3.63) is 35.9 Å². The van der Waals surface area contributed by atoms with Crippen molar-refractivity contribution in [1.82, 2.24) is 0 Å². The first-order valence-electron chi connectivity index (χ1n) is 4.12. The molecule has 0 amide bonds. The molecule has 1 atom stereocenters. The lowest BCUT2D eigenvalue weighted by Crippen LogP contribution is -2.16. The van der Waals surface area contributed by atoms with E-state index >= 15 is 0 Å². The van der Waals surface area contributed by atoms with Crippen LogP contribution in [0.15, 0.2) is 30.3 Å². The molecule has 0 aromatic heterocycles. The van der Waals surface area contributed by atoms with Crippen LogP contribution in [0.2, 0.25) is 0 Å². The van der Waals surface area contributed by atoms with Gasteiger partial charge in [-0.25, -0.2) is 0 Å². The first-order valence-corrected chi connectivity index (χ1v) is 5.99. The lowest BCUT2D eigenvalue weighted by atomic mass is 9.98. The third kappa shape index (κ3) is 1.42. The third-order valence-electron chi connectivity index (χ3n) is 2.65. The zero-order valence-corrected chi connectivity index (χ0v) is 10.0. The Labute approximate surface area is 96.4 Å². The van der Waals surface area contributed by atoms with E-state index in [0.29, 0.717) is 0 Å². The van der Waals surface area contributed by atoms with E-state index in [4.69, 9.17) is 23.2 Å². The summed E-state index contributed by atoms with van der Waals surface area (Å²) >= 11 is 15.7. The van der Waals surface area contributed by atoms with Gasteiger partial charge in [-0.1, -0.05) is 46.3 Å². The van der Waals surface area contributed by atoms with Crippen molar-refractivity contribution >= 4 is 39.1 Å². The predicted octanol–water partition coefficient (Wildman–Crippen LogP) is 3.90. The SMILES string of the molecule is ClC1(Cl)CC1(CBr)c1ccccc1. The lowest BCUT2D eigenvalue weighted by Gasteiger charge is -2.14. The molecule has 3 heteroatoms. The van der Waals surface area contributed by atoms with Crippen molar-refractivity contribution in [2.45, 2.75) is 16.2 Å². The van der Waals surface area contributed by atoms with E-state index in [2.05, 4.69) is 28.1 Å². The summed E-state index contributed by atoms with van der Waals surface area (Å²) < 4.78 is -0.585. The fourth-order valence-corrected chi connectivity index (χ4v) is 3.76. The van der Waals surface area contributed by atoms with Crippen LogP contribution in [0.1, 0.15) is 12.0 Å². The Morgan fingerprint density at radius 3 is 2.15 bits per heavy atom. The highest BCUT2D eigenvalue weighted by molar-refractivity contribution is 9.09. The molecular formula is C10H9BrCl2. The van der Waals surface area contributed by atoms with Crippen molar-refractivity contribution in [1.29, 1.82) is 0 Å². The molecule has 0 saturated heterocycles. The van der Waals surface area contributed by atoms with Gasteiger partial charge in [0.1, 0.15) is 4.33 Å². The molecule has 1 saturated carbocycles. The quantitative estimate of drug-likeness (QED) is 0.721. The van der Waals surface area contributed by atoms with Crippen molar-refractivity contribution in [2.75, 3.05) is 5.33 Å². The van der Waals surface area contributed by atoms with Gasteiger partial charge in [-0.05, 0) is 12.0 Å². The summed E-state index contributed by atoms with van der Waals surface area (Å²) in [7, 11) is 0. The van der Waals surface area contributed by atoms with Gasteiger partial charge in [0.05, 0.1) is 0 Å². The molecule has 1 aliphatic rings. The van der Waals surface area contributed by atoms with Crippen LogP contribution in [0.25, 0.3) is 0 Å². The van der Waals surface area contributed by atoms with Crippen LogP contribution in [0.4, 0.5) is 0 Å². The molecule has 13 heavy (non-hydrogen) atoms. The molecule has 0 nitrogen and oxygen atoms in total. The number of hydrogen-bond acceptors (Lipinski definition) is 0. The van der Waals surface area contributed by atoms with E-state index in [1.807, 2.05) is 18.2 Å². The maximum atomic E-state index is 6.13. The second kappa shape index (κ2) is 3.15. The van der Waals surface area contributed by atoms with Crippen LogP contribution in [-0.4, -0.2) is 9.66 Å². The number of rotatable bonds is 2. The first-order chi connectivity index (χ1) is 6.12. The number of alkyl halides is 3. The molecule has 1 fully saturated rings. The predicted molar refractivity (Wildman–Crippen MR) is 61.0 cm³/mol. The molecule has 1 aromatic carbocycles. The van der Waals surface area contributed by atoms with E-state index in [0.717, 1.165) is 11.8 Å². The Kier molecular flexibility index (Phi) is 2.38. The molecule has 2 rings (SSSR count). The standard InChI is InChI=1S/C10H9BrCl2/c11-7-9(6-10(9,12)13)8-4-2-1-3-5-8/h1-5H,6-7H2. The second-order valence-corrected chi connectivity index (χ2v) is 5.51. The molecule has 70 valence electrons. The highest BCUT2D eigenvalue weighted by Gasteiger charge is 2.66. The Bertz CT molecular complexity index is 310. The largest absolute Gasteiger partial charge is 0.129 e. The highest BCUT2D eigenvalue weighted by atomic mass is 79.9. The van der Waals surface area contributed by atoms with Crippen LogP contribution in [0.5, 0.6) is 0 Å². The maximum Gasteiger partial charge on any atom is 0.129 e. The van der Waals surface area contributed by atoms with E-state index in [1.165, 1.54) is 5.56 Å². The topological polar surface area (TPSA) is 0 Å². The molecule has 0 heterocycles. The Morgan fingerprint density at radius 2 is 1.77 bits per heavy atom. The van der Waals surface area contributed by atoms with Gasteiger partial charge in [0, 0.05) is 10.7 Å². The molecule has 1 aliphatic carbocycles. The van der Waals surface area contributed by atoms with Gasteiger partial charge in [-0.15, -0.1) is 23.2 Å². The number of halogens is 3. The van der Waals surface area contributed by atoms with Gasteiger partial charge in [-0.2, -0.15) is 0 Å². The van der Waals surface area contributed by atoms with Crippen LogP contribution in [0.3, 0.4) is 0 Å². The van der Waals surface area contributed by atoms with Crippen LogP contribution in [-0.2, 0) is 5.41 Å². The summed E-state index contributed by atoms with van der Waals surface area (Å²) in [6.07, 6.45) is 0.832. The molecule has 0 spiro atoms. The van der Waals surface area contributed by atoms with Gasteiger partial charge in [0.25, 0.3) is 0 Å². The maximum absolute atomic E-state index is 6.13. The average molecular weight is 280 g/mol. The van der Waals surface area contributed by atoms with Gasteiger partial charge < -0.3 is 0 Å². The molecule has 0 radical (unpaired) electrons. The Balaban J connectivity index is 2.37. The van der Waals surface area contributed by atoms with Crippen molar-refractivity contribution in [3.63, 3.8) is 0 Å². The van der Waals surface area contributed by atoms with Gasteiger partial charge in [0.2, 0.25) is 0 Å². The normalized spacial score (nSPS) is 30.1. The lowest BCUT2D eigenvalue weighted by molar-refractivity contribution is 0.795. The zero-order valence-electron chi connectivity index (χ0n) is 6.93. The smallest absolute Gasteiger partial charge is 0.101 e. The van der Waals surface area contributed by atoms with Crippen molar-refractivity contribution in [3.8, 4) is 0 Å². The van der Waals surface area contributed by atoms with Crippen LogP contribution < -0.4 is 0 Å². The molecule has 0 bridgehead atoms. The van der Waals surface area contributed by atoms with Gasteiger partial charge >= 0.3 is 0 Å². The fraction of sp³-hybridized carbons (Fsp3) is 0.400. The van der Waals surface area contributed by atoms with E-state index in [-0.39, 0.29) is 5.41 Å². The minimum absolute atomic E-state index is 0.0721. The Hall–Kier alpha value is 0.280. The monoisotopic (exact) mass is 278 g/mol. The van der Waals surface area contributed by atoms with E-state index in [9.17, 15) is 0 Å². The molecular weight excluding hydrogens is 271 g/mol. The first kappa shape index (κ1) is 9.82. The summed E-state index contributed by atoms with van der Waals surface area (Å²) in [6.45, 7) is 0. The molecule has 1 aromatic rings. The zero-order chi connectivity index (χ0) is 9.53. The fourth-order valence-electron chi connectivity index (χ4n) is 1.63. The van der Waals surface area contributed by atoms with Gasteiger partial charge in [0.15, 0.2) is 0 Å². The van der Waals surface area contributed by atoms with E-state index in [1.54, 1.807) is 0 Å². The van der Waals surface area contributed by atoms with Crippen LogP contribution >= 0.6 is 39.1 Å². The summed E-state index contributed by atoms with van der Waals surface area (Å²) in [6, 6.07) is 10.2. The summed E-state index contributed by atoms with van der Waals surface area (Å²) in [5, 5.41) is 0.816. The number of benzene rings is 1. The summed E-state index contributed by atoms with van der Waals surface area (Å²) in [5.74, 6) is 0. The number of hydrogen-bond donors (Lipinski definition) is 0. The summed E-state index contributed by atoms with van der Waals surface area (Å²) in [4.78, 5) is 0. The highest BCUT2D eigenvalue weighted by Crippen LogP contribution is 2.65. The van der Waals surface area contributed by atoms with Gasteiger partial charge in [-0.3, -0.25) is 0 Å². The average Bonchev–Trinajstić information content (AvgIpc) is 2.72. The van der Waals surface area contributed by atoms with Crippen molar-refractivity contribution < 1.29 is 0 Å². The van der Waals surface area contributed by atoms with E-state index < -0.39 is 4.33 Å². The molecule has 0 aliphatic heterocycles. The molecule has 1 unspecified atom stereocenters.